The lowest BCUT2D eigenvalue weighted by molar-refractivity contribution is -0.130. The average molecular weight is 399 g/mol. The van der Waals surface area contributed by atoms with E-state index in [-0.39, 0.29) is 24.7 Å². The Morgan fingerprint density at radius 3 is 2.67 bits per heavy atom. The second kappa shape index (κ2) is 8.81. The van der Waals surface area contributed by atoms with Crippen molar-refractivity contribution in [2.75, 3.05) is 6.54 Å². The van der Waals surface area contributed by atoms with Crippen LogP contribution >= 0.6 is 22.9 Å². The van der Waals surface area contributed by atoms with Gasteiger partial charge in [0.15, 0.2) is 0 Å². The summed E-state index contributed by atoms with van der Waals surface area (Å²) in [4.78, 5) is 18.8. The number of halogens is 2. The second-order valence-corrected chi connectivity index (χ2v) is 7.15. The third kappa shape index (κ3) is 4.94. The van der Waals surface area contributed by atoms with Gasteiger partial charge in [0.05, 0.1) is 23.7 Å². The van der Waals surface area contributed by atoms with Crippen LogP contribution in [0.4, 0.5) is 4.39 Å². The van der Waals surface area contributed by atoms with Crippen molar-refractivity contribution in [3.63, 3.8) is 0 Å². The van der Waals surface area contributed by atoms with Crippen molar-refractivity contribution >= 4 is 28.8 Å². The summed E-state index contributed by atoms with van der Waals surface area (Å²) in [6.45, 7) is 0.503. The minimum absolute atomic E-state index is 0.131. The predicted octanol–water partition coefficient (Wildman–Crippen LogP) is 4.81. The molecule has 3 rings (SSSR count). The van der Waals surface area contributed by atoms with Crippen molar-refractivity contribution in [2.24, 2.45) is 0 Å². The van der Waals surface area contributed by atoms with Crippen LogP contribution in [0.5, 0.6) is 0 Å². The maximum Gasteiger partial charge on any atom is 0.229 e. The molecule has 0 atom stereocenters. The Kier molecular flexibility index (Phi) is 6.23. The van der Waals surface area contributed by atoms with Crippen molar-refractivity contribution in [3.8, 4) is 22.9 Å². The molecule has 0 N–H and O–H groups in total. The lowest BCUT2D eigenvalue weighted by Crippen LogP contribution is -2.32. The standard InChI is InChI=1S/C21H16ClFN2OS/c1-2-11-25(13-15-7-9-16(23)10-8-15)20(26)12-17-14-27-21(24-17)18-5-3-4-6-19(18)22/h1,3-10,14H,11-13H2. The molecule has 0 aliphatic heterocycles. The molecule has 1 aromatic heterocycles. The van der Waals surface area contributed by atoms with Crippen LogP contribution in [0.1, 0.15) is 11.3 Å². The molecule has 0 unspecified atom stereocenters. The van der Waals surface area contributed by atoms with Crippen LogP contribution in [0.15, 0.2) is 53.9 Å². The summed E-state index contributed by atoms with van der Waals surface area (Å²) in [7, 11) is 0. The molecule has 1 heterocycles. The fourth-order valence-corrected chi connectivity index (χ4v) is 3.71. The van der Waals surface area contributed by atoms with E-state index >= 15 is 0 Å². The van der Waals surface area contributed by atoms with E-state index < -0.39 is 0 Å². The minimum Gasteiger partial charge on any atom is -0.327 e. The van der Waals surface area contributed by atoms with Gasteiger partial charge < -0.3 is 4.90 Å². The molecule has 0 saturated carbocycles. The highest BCUT2D eigenvalue weighted by molar-refractivity contribution is 7.13. The van der Waals surface area contributed by atoms with E-state index in [4.69, 9.17) is 18.0 Å². The molecule has 0 saturated heterocycles. The molecule has 0 spiro atoms. The molecule has 0 radical (unpaired) electrons. The Bertz CT molecular complexity index is 978. The van der Waals surface area contributed by atoms with Gasteiger partial charge in [-0.1, -0.05) is 47.9 Å². The van der Waals surface area contributed by atoms with Gasteiger partial charge in [-0.2, -0.15) is 0 Å². The number of hydrogen-bond donors (Lipinski definition) is 0. The van der Waals surface area contributed by atoms with E-state index in [0.29, 0.717) is 17.3 Å². The first-order valence-corrected chi connectivity index (χ1v) is 9.47. The molecule has 3 aromatic rings. The van der Waals surface area contributed by atoms with Gasteiger partial charge in [0, 0.05) is 17.5 Å². The molecular formula is C21H16ClFN2OS. The van der Waals surface area contributed by atoms with Gasteiger partial charge in [-0.3, -0.25) is 4.79 Å². The summed E-state index contributed by atoms with van der Waals surface area (Å²) in [6, 6.07) is 13.5. The van der Waals surface area contributed by atoms with Crippen LogP contribution in [-0.2, 0) is 17.8 Å². The van der Waals surface area contributed by atoms with Crippen molar-refractivity contribution in [2.45, 2.75) is 13.0 Å². The van der Waals surface area contributed by atoms with Crippen molar-refractivity contribution in [1.29, 1.82) is 0 Å². The molecule has 2 aromatic carbocycles. The number of carbonyl (C=O) groups excluding carboxylic acids is 1. The fraction of sp³-hybridized carbons (Fsp3) is 0.143. The van der Waals surface area contributed by atoms with Crippen LogP contribution in [-0.4, -0.2) is 22.3 Å². The van der Waals surface area contributed by atoms with Crippen molar-refractivity contribution in [1.82, 2.24) is 9.88 Å². The molecule has 6 heteroatoms. The van der Waals surface area contributed by atoms with Crippen molar-refractivity contribution < 1.29 is 9.18 Å². The van der Waals surface area contributed by atoms with Gasteiger partial charge in [0.1, 0.15) is 10.8 Å². The predicted molar refractivity (Wildman–Crippen MR) is 107 cm³/mol. The second-order valence-electron chi connectivity index (χ2n) is 5.88. The average Bonchev–Trinajstić information content (AvgIpc) is 3.11. The number of rotatable bonds is 6. The van der Waals surface area contributed by atoms with E-state index in [1.54, 1.807) is 23.1 Å². The van der Waals surface area contributed by atoms with E-state index in [9.17, 15) is 9.18 Å². The topological polar surface area (TPSA) is 33.2 Å². The van der Waals surface area contributed by atoms with Crippen LogP contribution in [0.3, 0.4) is 0 Å². The molecule has 0 bridgehead atoms. The number of terminal acetylenes is 1. The summed E-state index contributed by atoms with van der Waals surface area (Å²) in [5.74, 6) is 2.05. The number of benzene rings is 2. The van der Waals surface area contributed by atoms with Gasteiger partial charge in [-0.25, -0.2) is 9.37 Å². The Morgan fingerprint density at radius 2 is 1.96 bits per heavy atom. The maximum absolute atomic E-state index is 13.1. The zero-order valence-corrected chi connectivity index (χ0v) is 15.9. The highest BCUT2D eigenvalue weighted by Crippen LogP contribution is 2.30. The maximum atomic E-state index is 13.1. The molecule has 136 valence electrons. The van der Waals surface area contributed by atoms with Gasteiger partial charge in [0.2, 0.25) is 5.91 Å². The first-order valence-electron chi connectivity index (χ1n) is 8.22. The Morgan fingerprint density at radius 1 is 1.22 bits per heavy atom. The number of thiazole rings is 1. The number of nitrogens with zero attached hydrogens (tertiary/aromatic N) is 2. The zero-order valence-electron chi connectivity index (χ0n) is 14.4. The highest BCUT2D eigenvalue weighted by atomic mass is 35.5. The quantitative estimate of drug-likeness (QED) is 0.558. The van der Waals surface area contributed by atoms with Crippen LogP contribution in [0.25, 0.3) is 10.6 Å². The molecule has 0 aliphatic rings. The molecule has 27 heavy (non-hydrogen) atoms. The Balaban J connectivity index is 1.71. The third-order valence-electron chi connectivity index (χ3n) is 3.91. The lowest BCUT2D eigenvalue weighted by Gasteiger charge is -2.20. The number of aromatic nitrogens is 1. The largest absolute Gasteiger partial charge is 0.327 e. The molecule has 1 amide bonds. The lowest BCUT2D eigenvalue weighted by atomic mass is 10.2. The summed E-state index contributed by atoms with van der Waals surface area (Å²) < 4.78 is 13.1. The fourth-order valence-electron chi connectivity index (χ4n) is 2.57. The SMILES string of the molecule is C#CCN(Cc1ccc(F)cc1)C(=O)Cc1csc(-c2ccccc2Cl)n1. The van der Waals surface area contributed by atoms with Gasteiger partial charge >= 0.3 is 0 Å². The van der Waals surface area contributed by atoms with Crippen LogP contribution < -0.4 is 0 Å². The highest BCUT2D eigenvalue weighted by Gasteiger charge is 2.16. The summed E-state index contributed by atoms with van der Waals surface area (Å²) in [6.07, 6.45) is 5.55. The summed E-state index contributed by atoms with van der Waals surface area (Å²) in [5, 5.41) is 3.24. The normalized spacial score (nSPS) is 10.4. The molecule has 0 fully saturated rings. The van der Waals surface area contributed by atoms with Gasteiger partial charge in [-0.05, 0) is 23.8 Å². The van der Waals surface area contributed by atoms with Crippen molar-refractivity contribution in [3.05, 3.63) is 76.0 Å². The zero-order chi connectivity index (χ0) is 19.2. The van der Waals surface area contributed by atoms with E-state index in [2.05, 4.69) is 10.9 Å². The number of amides is 1. The van der Waals surface area contributed by atoms with E-state index in [1.165, 1.54) is 23.5 Å². The van der Waals surface area contributed by atoms with E-state index in [0.717, 1.165) is 16.1 Å². The number of carbonyl (C=O) groups is 1. The van der Waals surface area contributed by atoms with Crippen LogP contribution in [0, 0.1) is 18.2 Å². The minimum atomic E-state index is -0.317. The smallest absolute Gasteiger partial charge is 0.229 e. The Labute approximate surface area is 166 Å². The summed E-state index contributed by atoms with van der Waals surface area (Å²) >= 11 is 7.65. The first kappa shape index (κ1) is 19.1. The first-order chi connectivity index (χ1) is 13.1. The summed E-state index contributed by atoms with van der Waals surface area (Å²) in [5.41, 5.74) is 2.32. The van der Waals surface area contributed by atoms with E-state index in [1.807, 2.05) is 23.6 Å². The van der Waals surface area contributed by atoms with Gasteiger partial charge in [-0.15, -0.1) is 17.8 Å². The number of hydrogen-bond acceptors (Lipinski definition) is 3. The molecule has 3 nitrogen and oxygen atoms in total. The molecular weight excluding hydrogens is 383 g/mol. The molecule has 0 aliphatic carbocycles. The Hall–Kier alpha value is -2.68. The van der Waals surface area contributed by atoms with Gasteiger partial charge in [0.25, 0.3) is 0 Å². The monoisotopic (exact) mass is 398 g/mol. The third-order valence-corrected chi connectivity index (χ3v) is 5.16. The van der Waals surface area contributed by atoms with Crippen LogP contribution in [0.2, 0.25) is 5.02 Å².